The van der Waals surface area contributed by atoms with Crippen LogP contribution in [0.4, 0.5) is 0 Å². The topological polar surface area (TPSA) is 83.2 Å². The molecule has 1 heterocycles. The van der Waals surface area contributed by atoms with Gasteiger partial charge in [-0.3, -0.25) is 0 Å². The van der Waals surface area contributed by atoms with E-state index in [1.807, 2.05) is 122 Å². The Hall–Kier alpha value is -3.92. The molecule has 0 fully saturated rings. The molecule has 5 aromatic carbocycles. The molecule has 2 atom stereocenters. The first-order valence-electron chi connectivity index (χ1n) is 13.7. The van der Waals surface area contributed by atoms with E-state index < -0.39 is 27.7 Å². The highest BCUT2D eigenvalue weighted by molar-refractivity contribution is 7.90. The third-order valence-corrected chi connectivity index (χ3v) is 15.0. The molecule has 0 saturated carbocycles. The van der Waals surface area contributed by atoms with Gasteiger partial charge in [0.15, 0.2) is 5.78 Å². The van der Waals surface area contributed by atoms with E-state index in [0.29, 0.717) is 28.7 Å². The van der Waals surface area contributed by atoms with Crippen molar-refractivity contribution in [3.63, 3.8) is 0 Å². The lowest BCUT2D eigenvalue weighted by Crippen LogP contribution is -2.13. The maximum absolute atomic E-state index is 7.33. The van der Waals surface area contributed by atoms with Crippen LogP contribution in [0.5, 0.6) is 28.7 Å². The van der Waals surface area contributed by atoms with Crippen molar-refractivity contribution in [1.82, 2.24) is 0 Å². The highest BCUT2D eigenvalue weighted by Gasteiger charge is 2.46. The van der Waals surface area contributed by atoms with Crippen LogP contribution in [0.1, 0.15) is 6.92 Å². The molecule has 224 valence electrons. The first-order valence-corrected chi connectivity index (χ1v) is 19.4. The van der Waals surface area contributed by atoms with Gasteiger partial charge in [-0.15, -0.1) is 9.03 Å². The van der Waals surface area contributed by atoms with Crippen molar-refractivity contribution >= 4 is 33.2 Å². The molecule has 0 radical (unpaired) electrons. The van der Waals surface area contributed by atoms with E-state index >= 15 is 0 Å². The SMILES string of the molecule is CC1N=P(Cl)(Oc2ccccc2)N=P(Oc2ccccc2)(Oc2ccccc2)N=P1(Oc1ccccc1)Oc1ccccc1. The molecule has 0 N–H and O–H groups in total. The van der Waals surface area contributed by atoms with Crippen LogP contribution in [0.2, 0.25) is 0 Å². The smallest absolute Gasteiger partial charge is 0.431 e. The van der Waals surface area contributed by atoms with E-state index in [1.165, 1.54) is 0 Å². The van der Waals surface area contributed by atoms with Crippen molar-refractivity contribution in [2.45, 2.75) is 12.7 Å². The molecule has 1 aliphatic heterocycles. The molecule has 44 heavy (non-hydrogen) atoms. The van der Waals surface area contributed by atoms with Gasteiger partial charge in [0.25, 0.3) is 0 Å². The van der Waals surface area contributed by atoms with E-state index in [9.17, 15) is 0 Å². The Bertz CT molecular complexity index is 1760. The predicted molar refractivity (Wildman–Crippen MR) is 179 cm³/mol. The van der Waals surface area contributed by atoms with Gasteiger partial charge in [0.05, 0.1) is 0 Å². The second-order valence-electron chi connectivity index (χ2n) is 9.48. The van der Waals surface area contributed by atoms with Crippen LogP contribution in [0.15, 0.2) is 165 Å². The monoisotopic (exact) mass is 663 g/mol. The quantitative estimate of drug-likeness (QED) is 0.139. The molecule has 12 heteroatoms. The molecule has 0 saturated heterocycles. The van der Waals surface area contributed by atoms with Crippen LogP contribution in [0.25, 0.3) is 0 Å². The third-order valence-electron chi connectivity index (χ3n) is 6.10. The molecule has 8 nitrogen and oxygen atoms in total. The van der Waals surface area contributed by atoms with Gasteiger partial charge in [0, 0.05) is 0 Å². The van der Waals surface area contributed by atoms with Gasteiger partial charge in [0.1, 0.15) is 28.7 Å². The average molecular weight is 664 g/mol. The lowest BCUT2D eigenvalue weighted by atomic mass is 10.3. The molecule has 0 aromatic heterocycles. The zero-order chi connectivity index (χ0) is 30.3. The highest BCUT2D eigenvalue weighted by Crippen LogP contribution is 2.77. The molecular weight excluding hydrogens is 635 g/mol. The van der Waals surface area contributed by atoms with Crippen LogP contribution in [0.3, 0.4) is 0 Å². The number of rotatable bonds is 10. The Labute approximate surface area is 262 Å². The summed E-state index contributed by atoms with van der Waals surface area (Å²) in [5.41, 5.74) is 0. The zero-order valence-corrected chi connectivity index (χ0v) is 27.1. The summed E-state index contributed by atoms with van der Waals surface area (Å²) in [5, 5.41) is 0. The molecule has 0 aliphatic carbocycles. The summed E-state index contributed by atoms with van der Waals surface area (Å²) in [6.45, 7) is -1.73. The highest BCUT2D eigenvalue weighted by atomic mass is 35.7. The number of nitrogens with zero attached hydrogens (tertiary/aromatic N) is 3. The van der Waals surface area contributed by atoms with Crippen molar-refractivity contribution < 1.29 is 22.6 Å². The molecule has 5 aromatic rings. The molecular formula is C32H29ClN3O5P3. The number of hydrogen-bond acceptors (Lipinski definition) is 8. The van der Waals surface area contributed by atoms with Gasteiger partial charge in [-0.05, 0) is 78.8 Å². The van der Waals surface area contributed by atoms with Crippen molar-refractivity contribution in [2.75, 3.05) is 0 Å². The summed E-state index contributed by atoms with van der Waals surface area (Å²) >= 11 is 7.33. The summed E-state index contributed by atoms with van der Waals surface area (Å²) in [6.07, 6.45) is 0. The lowest BCUT2D eigenvalue weighted by Gasteiger charge is -2.29. The standard InChI is InChI=1S/C32H29ClN3O5P3/c1-27-34-43(33,39-30-21-11-4-12-22-30)36-44(40-31-23-13-5-14-24-31,41-32-25-15-6-16-26-32)35-42(27,37-28-17-7-2-8-18-28)38-29-19-9-3-10-20-29/h2-27H,1H3. The van der Waals surface area contributed by atoms with Gasteiger partial charge in [-0.2, -0.15) is 0 Å². The summed E-state index contributed by atoms with van der Waals surface area (Å²) in [5.74, 6) is 1.75. The maximum Gasteiger partial charge on any atom is 0.457 e. The Kier molecular flexibility index (Phi) is 9.16. The van der Waals surface area contributed by atoms with Crippen LogP contribution in [0, 0.1) is 0 Å². The molecule has 6 rings (SSSR count). The van der Waals surface area contributed by atoms with Crippen molar-refractivity contribution in [3.8, 4) is 28.7 Å². The Morgan fingerprint density at radius 1 is 0.455 bits per heavy atom. The fourth-order valence-electron chi connectivity index (χ4n) is 4.14. The maximum atomic E-state index is 7.33. The lowest BCUT2D eigenvalue weighted by molar-refractivity contribution is 0.453. The summed E-state index contributed by atoms with van der Waals surface area (Å²) in [7, 11) is -7.34. The van der Waals surface area contributed by atoms with Gasteiger partial charge in [-0.25, -0.2) is 4.74 Å². The van der Waals surface area contributed by atoms with Crippen molar-refractivity contribution in [1.29, 1.82) is 0 Å². The Morgan fingerprint density at radius 3 is 1.14 bits per heavy atom. The van der Waals surface area contributed by atoms with E-state index in [1.54, 1.807) is 36.4 Å². The Morgan fingerprint density at radius 2 is 0.773 bits per heavy atom. The van der Waals surface area contributed by atoms with Crippen molar-refractivity contribution in [3.05, 3.63) is 152 Å². The van der Waals surface area contributed by atoms with Crippen LogP contribution < -0.4 is 22.6 Å². The largest absolute Gasteiger partial charge is 0.457 e. The van der Waals surface area contributed by atoms with Gasteiger partial charge < -0.3 is 22.6 Å². The third kappa shape index (κ3) is 7.41. The number of halogens is 1. The number of benzene rings is 5. The molecule has 2 unspecified atom stereocenters. The Balaban J connectivity index is 1.64. The van der Waals surface area contributed by atoms with Gasteiger partial charge in [-0.1, -0.05) is 91.0 Å². The predicted octanol–water partition coefficient (Wildman–Crippen LogP) is 11.9. The molecule has 0 spiro atoms. The zero-order valence-electron chi connectivity index (χ0n) is 23.6. The summed E-state index contributed by atoms with van der Waals surface area (Å²) in [4.78, 5) is 0. The number of hydrogen-bond donors (Lipinski definition) is 0. The van der Waals surface area contributed by atoms with Crippen LogP contribution >= 0.6 is 33.2 Å². The van der Waals surface area contributed by atoms with Crippen molar-refractivity contribution in [2.24, 2.45) is 13.8 Å². The van der Waals surface area contributed by atoms with E-state index in [2.05, 4.69) is 0 Å². The normalized spacial score (nSPS) is 19.9. The molecule has 0 bridgehead atoms. The minimum Gasteiger partial charge on any atom is -0.431 e. The molecule has 1 aliphatic rings. The minimum absolute atomic E-state index is 0.472. The average Bonchev–Trinajstić information content (AvgIpc) is 3.11. The van der Waals surface area contributed by atoms with Crippen LogP contribution in [-0.2, 0) is 0 Å². The van der Waals surface area contributed by atoms with E-state index in [-0.39, 0.29) is 0 Å². The van der Waals surface area contributed by atoms with Gasteiger partial charge in [0.2, 0.25) is 0 Å². The molecule has 0 amide bonds. The first kappa shape index (κ1) is 30.1. The number of para-hydroxylation sites is 5. The first-order chi connectivity index (χ1) is 21.4. The van der Waals surface area contributed by atoms with E-state index in [4.69, 9.17) is 47.6 Å². The van der Waals surface area contributed by atoms with E-state index in [0.717, 1.165) is 0 Å². The van der Waals surface area contributed by atoms with Crippen LogP contribution in [-0.4, -0.2) is 5.78 Å². The fraction of sp³-hybridized carbons (Fsp3) is 0.0625. The second-order valence-corrected chi connectivity index (χ2v) is 17.2. The minimum atomic E-state index is -3.82. The fourth-order valence-corrected chi connectivity index (χ4v) is 14.2. The second kappa shape index (κ2) is 13.4. The van der Waals surface area contributed by atoms with Gasteiger partial charge >= 0.3 is 22.0 Å². The summed E-state index contributed by atoms with van der Waals surface area (Å²) < 4.78 is 48.5. The summed E-state index contributed by atoms with van der Waals surface area (Å²) in [6, 6.07) is 46.2.